The van der Waals surface area contributed by atoms with Crippen molar-refractivity contribution < 1.29 is 18.4 Å². The minimum Gasteiger partial charge on any atom is -0.496 e. The fourth-order valence-electron chi connectivity index (χ4n) is 2.82. The standard InChI is InChI=1S/C19H17N5O4/c1-26-18-5-3-2-4-15(18)16-6-17(23-22-16)19(25)24(7-13-9-27-11-20-13)8-14-10-28-12-21-14/h2-6,9-12H,7-8H2,1H3,(H,22,23). The second-order valence-electron chi connectivity index (χ2n) is 5.99. The van der Waals surface area contributed by atoms with E-state index in [4.69, 9.17) is 13.6 Å². The van der Waals surface area contributed by atoms with E-state index in [2.05, 4.69) is 20.2 Å². The van der Waals surface area contributed by atoms with Gasteiger partial charge in [0.2, 0.25) is 0 Å². The highest BCUT2D eigenvalue weighted by molar-refractivity contribution is 5.93. The third-order valence-corrected chi connectivity index (χ3v) is 4.15. The van der Waals surface area contributed by atoms with Crippen LogP contribution in [0.15, 0.2) is 64.5 Å². The molecule has 0 aliphatic heterocycles. The van der Waals surface area contributed by atoms with Gasteiger partial charge < -0.3 is 18.5 Å². The molecule has 3 heterocycles. The number of carbonyl (C=O) groups is 1. The van der Waals surface area contributed by atoms with Crippen LogP contribution in [-0.2, 0) is 13.1 Å². The van der Waals surface area contributed by atoms with Crippen LogP contribution in [0.25, 0.3) is 11.3 Å². The van der Waals surface area contributed by atoms with Gasteiger partial charge in [-0.25, -0.2) is 9.97 Å². The fraction of sp³-hybridized carbons (Fsp3) is 0.158. The van der Waals surface area contributed by atoms with Crippen molar-refractivity contribution in [3.05, 3.63) is 72.7 Å². The quantitative estimate of drug-likeness (QED) is 0.525. The van der Waals surface area contributed by atoms with Crippen LogP contribution in [0.1, 0.15) is 21.9 Å². The third kappa shape index (κ3) is 3.63. The summed E-state index contributed by atoms with van der Waals surface area (Å²) >= 11 is 0. The first-order valence-electron chi connectivity index (χ1n) is 8.47. The molecule has 0 aliphatic carbocycles. The van der Waals surface area contributed by atoms with Crippen LogP contribution in [0, 0.1) is 0 Å². The highest BCUT2D eigenvalue weighted by Gasteiger charge is 2.22. The maximum atomic E-state index is 13.1. The van der Waals surface area contributed by atoms with Crippen molar-refractivity contribution in [2.45, 2.75) is 13.1 Å². The summed E-state index contributed by atoms with van der Waals surface area (Å²) in [6, 6.07) is 9.17. The molecule has 9 heteroatoms. The predicted octanol–water partition coefficient (Wildman–Crippen LogP) is 2.90. The minimum atomic E-state index is -0.250. The van der Waals surface area contributed by atoms with Crippen molar-refractivity contribution in [3.8, 4) is 17.0 Å². The van der Waals surface area contributed by atoms with Gasteiger partial charge in [0.1, 0.15) is 24.0 Å². The number of nitrogens with one attached hydrogen (secondary N) is 1. The molecule has 1 amide bonds. The molecule has 0 radical (unpaired) electrons. The number of para-hydroxylation sites is 1. The smallest absolute Gasteiger partial charge is 0.272 e. The Morgan fingerprint density at radius 1 is 1.11 bits per heavy atom. The Balaban J connectivity index is 1.60. The lowest BCUT2D eigenvalue weighted by Gasteiger charge is -2.19. The van der Waals surface area contributed by atoms with Crippen molar-refractivity contribution in [2.24, 2.45) is 0 Å². The summed E-state index contributed by atoms with van der Waals surface area (Å²) in [6.45, 7) is 0.510. The lowest BCUT2D eigenvalue weighted by Crippen LogP contribution is -2.30. The number of hydrogen-bond donors (Lipinski definition) is 1. The summed E-state index contributed by atoms with van der Waals surface area (Å²) in [7, 11) is 1.59. The first-order chi connectivity index (χ1) is 13.7. The summed E-state index contributed by atoms with van der Waals surface area (Å²) in [5, 5.41) is 7.08. The molecular formula is C19H17N5O4. The number of amides is 1. The normalized spacial score (nSPS) is 10.8. The Bertz CT molecular complexity index is 1000. The molecule has 4 aromatic rings. The molecule has 28 heavy (non-hydrogen) atoms. The number of nitrogens with zero attached hydrogens (tertiary/aromatic N) is 4. The van der Waals surface area contributed by atoms with Gasteiger partial charge in [-0.1, -0.05) is 12.1 Å². The molecule has 1 aromatic carbocycles. The second-order valence-corrected chi connectivity index (χ2v) is 5.99. The van der Waals surface area contributed by atoms with Crippen LogP contribution in [0.3, 0.4) is 0 Å². The number of H-pyrrole nitrogens is 1. The van der Waals surface area contributed by atoms with Crippen molar-refractivity contribution in [1.82, 2.24) is 25.1 Å². The Morgan fingerprint density at radius 2 is 1.79 bits per heavy atom. The molecule has 0 atom stereocenters. The molecule has 0 unspecified atom stereocenters. The number of oxazole rings is 2. The van der Waals surface area contributed by atoms with E-state index in [0.29, 0.717) is 28.5 Å². The summed E-state index contributed by atoms with van der Waals surface area (Å²) in [5.74, 6) is 0.426. The predicted molar refractivity (Wildman–Crippen MR) is 97.2 cm³/mol. The van der Waals surface area contributed by atoms with Crippen LogP contribution < -0.4 is 4.74 Å². The maximum Gasteiger partial charge on any atom is 0.272 e. The molecule has 0 fully saturated rings. The van der Waals surface area contributed by atoms with E-state index in [-0.39, 0.29) is 19.0 Å². The zero-order valence-electron chi connectivity index (χ0n) is 15.0. The molecule has 4 rings (SSSR count). The van der Waals surface area contributed by atoms with Crippen LogP contribution in [0.4, 0.5) is 0 Å². The number of benzene rings is 1. The zero-order chi connectivity index (χ0) is 19.3. The molecule has 0 spiro atoms. The van der Waals surface area contributed by atoms with E-state index in [1.807, 2.05) is 24.3 Å². The number of carbonyl (C=O) groups excluding carboxylic acids is 1. The highest BCUT2D eigenvalue weighted by atomic mass is 16.5. The van der Waals surface area contributed by atoms with Gasteiger partial charge in [-0.3, -0.25) is 9.89 Å². The molecule has 9 nitrogen and oxygen atoms in total. The van der Waals surface area contributed by atoms with Gasteiger partial charge in [0.05, 0.1) is 37.3 Å². The SMILES string of the molecule is COc1ccccc1-c1cc(C(=O)N(Cc2cocn2)Cc2cocn2)[nH]n1. The average Bonchev–Trinajstić information content (AvgIpc) is 3.49. The number of ether oxygens (including phenoxy) is 1. The molecule has 0 aliphatic rings. The van der Waals surface area contributed by atoms with Crippen LogP contribution in [0.2, 0.25) is 0 Å². The van der Waals surface area contributed by atoms with Crippen LogP contribution >= 0.6 is 0 Å². The van der Waals surface area contributed by atoms with Gasteiger partial charge in [-0.05, 0) is 18.2 Å². The maximum absolute atomic E-state index is 13.1. The number of aromatic nitrogens is 4. The molecule has 142 valence electrons. The minimum absolute atomic E-state index is 0.250. The van der Waals surface area contributed by atoms with Crippen molar-refractivity contribution in [3.63, 3.8) is 0 Å². The topological polar surface area (TPSA) is 110 Å². The molecular weight excluding hydrogens is 362 g/mol. The first kappa shape index (κ1) is 17.5. The molecule has 0 saturated carbocycles. The van der Waals surface area contributed by atoms with Gasteiger partial charge >= 0.3 is 0 Å². The lowest BCUT2D eigenvalue weighted by atomic mass is 10.1. The first-order valence-corrected chi connectivity index (χ1v) is 8.47. The van der Waals surface area contributed by atoms with Gasteiger partial charge in [0, 0.05) is 5.56 Å². The van der Waals surface area contributed by atoms with Crippen LogP contribution in [0.5, 0.6) is 5.75 Å². The van der Waals surface area contributed by atoms with Crippen molar-refractivity contribution in [2.75, 3.05) is 7.11 Å². The van der Waals surface area contributed by atoms with E-state index in [0.717, 1.165) is 5.56 Å². The molecule has 0 saturated heterocycles. The Hall–Kier alpha value is -3.88. The van der Waals surface area contributed by atoms with E-state index < -0.39 is 0 Å². The number of methoxy groups -OCH3 is 1. The van der Waals surface area contributed by atoms with Crippen LogP contribution in [-0.4, -0.2) is 38.1 Å². The fourth-order valence-corrected chi connectivity index (χ4v) is 2.82. The van der Waals surface area contributed by atoms with Crippen molar-refractivity contribution in [1.29, 1.82) is 0 Å². The van der Waals surface area contributed by atoms with Crippen molar-refractivity contribution >= 4 is 5.91 Å². The van der Waals surface area contributed by atoms with E-state index in [9.17, 15) is 4.79 Å². The van der Waals surface area contributed by atoms with Gasteiger partial charge in [-0.15, -0.1) is 0 Å². The lowest BCUT2D eigenvalue weighted by molar-refractivity contribution is 0.0719. The summed E-state index contributed by atoms with van der Waals surface area (Å²) in [4.78, 5) is 22.9. The Morgan fingerprint density at radius 3 is 2.39 bits per heavy atom. The summed E-state index contributed by atoms with van der Waals surface area (Å²) < 4.78 is 15.4. The molecule has 0 bridgehead atoms. The van der Waals surface area contributed by atoms with Gasteiger partial charge in [0.15, 0.2) is 12.8 Å². The Kier molecular flexibility index (Phi) is 4.87. The summed E-state index contributed by atoms with van der Waals surface area (Å²) in [6.07, 6.45) is 5.64. The second kappa shape index (κ2) is 7.78. The summed E-state index contributed by atoms with van der Waals surface area (Å²) in [5.41, 5.74) is 3.00. The monoisotopic (exact) mass is 379 g/mol. The van der Waals surface area contributed by atoms with Gasteiger partial charge in [0.25, 0.3) is 5.91 Å². The highest BCUT2D eigenvalue weighted by Crippen LogP contribution is 2.28. The number of hydrogen-bond acceptors (Lipinski definition) is 7. The average molecular weight is 379 g/mol. The largest absolute Gasteiger partial charge is 0.496 e. The van der Waals surface area contributed by atoms with E-state index in [1.165, 1.54) is 25.3 Å². The van der Waals surface area contributed by atoms with E-state index >= 15 is 0 Å². The number of rotatable bonds is 7. The third-order valence-electron chi connectivity index (χ3n) is 4.15. The molecule has 3 aromatic heterocycles. The molecule has 1 N–H and O–H groups in total. The Labute approximate surface area is 160 Å². The van der Waals surface area contributed by atoms with E-state index in [1.54, 1.807) is 18.1 Å². The zero-order valence-corrected chi connectivity index (χ0v) is 15.0. The van der Waals surface area contributed by atoms with Gasteiger partial charge in [-0.2, -0.15) is 5.10 Å². The number of aromatic amines is 1.